The number of halogens is 1. The van der Waals surface area contributed by atoms with Gasteiger partial charge in [0.05, 0.1) is 19.7 Å². The van der Waals surface area contributed by atoms with Crippen molar-refractivity contribution in [2.75, 3.05) is 32.8 Å². The molecule has 4 aliphatic rings. The molecule has 3 aliphatic heterocycles. The summed E-state index contributed by atoms with van der Waals surface area (Å²) in [6, 6.07) is 20.3. The molecule has 178 valence electrons. The van der Waals surface area contributed by atoms with Gasteiger partial charge in [0.15, 0.2) is 4.95 Å². The van der Waals surface area contributed by atoms with Crippen LogP contribution in [0.1, 0.15) is 44.1 Å². The summed E-state index contributed by atoms with van der Waals surface area (Å²) in [6.07, 6.45) is 7.06. The molecule has 0 radical (unpaired) electrons. The molecule has 1 unspecified atom stereocenters. The molecule has 2 aromatic carbocycles. The van der Waals surface area contributed by atoms with Crippen molar-refractivity contribution in [2.45, 2.75) is 55.2 Å². The van der Waals surface area contributed by atoms with Crippen LogP contribution < -0.4 is 4.74 Å². The number of alkyl halides is 1. The number of nitrogens with zero attached hydrogens (tertiary/aromatic N) is 1. The molecule has 33 heavy (non-hydrogen) atoms. The standard InChI is InChI=1S/C28H37BrNO3/c29-27-26(33-21-28(31,24-11-7-8-12-24)23-9-3-1-4-10-23)22-15-17-30(27,18-16-22)19-20-32-25-13-5-2-6-14-25/h1-6,9-10,13-14,22,24,26-27,31H,7-8,11-12,15-21H2/q+1/t22?,26-,27+,28?,30?/m1/s1. The van der Waals surface area contributed by atoms with Crippen LogP contribution in [0.2, 0.25) is 0 Å². The maximum atomic E-state index is 11.9. The molecular formula is C28H37BrNO3+. The largest absolute Gasteiger partial charge is 0.488 e. The minimum Gasteiger partial charge on any atom is -0.488 e. The first kappa shape index (κ1) is 23.3. The van der Waals surface area contributed by atoms with Crippen LogP contribution in [0.3, 0.4) is 0 Å². The number of para-hydroxylation sites is 1. The summed E-state index contributed by atoms with van der Waals surface area (Å²) < 4.78 is 13.8. The van der Waals surface area contributed by atoms with Crippen LogP contribution in [0.4, 0.5) is 0 Å². The summed E-state index contributed by atoms with van der Waals surface area (Å²) in [6.45, 7) is 4.41. The van der Waals surface area contributed by atoms with Crippen LogP contribution in [0.5, 0.6) is 5.75 Å². The quantitative estimate of drug-likeness (QED) is 0.273. The van der Waals surface area contributed by atoms with Crippen LogP contribution in [0.15, 0.2) is 60.7 Å². The monoisotopic (exact) mass is 514 g/mol. The van der Waals surface area contributed by atoms with E-state index in [2.05, 4.69) is 28.1 Å². The fourth-order valence-corrected chi connectivity index (χ4v) is 7.63. The van der Waals surface area contributed by atoms with Gasteiger partial charge in [-0.3, -0.25) is 0 Å². The number of quaternary nitrogens is 1. The lowest BCUT2D eigenvalue weighted by atomic mass is 9.80. The van der Waals surface area contributed by atoms with E-state index in [1.807, 2.05) is 48.5 Å². The molecule has 5 heteroatoms. The number of rotatable bonds is 9. The first-order valence-electron chi connectivity index (χ1n) is 12.7. The van der Waals surface area contributed by atoms with E-state index in [0.29, 0.717) is 19.1 Å². The smallest absolute Gasteiger partial charge is 0.171 e. The van der Waals surface area contributed by atoms with Crippen molar-refractivity contribution in [3.8, 4) is 5.75 Å². The predicted molar refractivity (Wildman–Crippen MR) is 134 cm³/mol. The van der Waals surface area contributed by atoms with Gasteiger partial charge in [0.2, 0.25) is 0 Å². The summed E-state index contributed by atoms with van der Waals surface area (Å²) in [5, 5.41) is 11.9. The highest BCUT2D eigenvalue weighted by atomic mass is 79.9. The van der Waals surface area contributed by atoms with Gasteiger partial charge in [-0.15, -0.1) is 0 Å². The fraction of sp³-hybridized carbons (Fsp3) is 0.571. The second-order valence-corrected chi connectivity index (χ2v) is 11.2. The number of hydrogen-bond donors (Lipinski definition) is 1. The molecule has 2 bridgehead atoms. The van der Waals surface area contributed by atoms with E-state index >= 15 is 0 Å². The van der Waals surface area contributed by atoms with Crippen molar-refractivity contribution in [1.82, 2.24) is 0 Å². The molecule has 1 aliphatic carbocycles. The zero-order valence-corrected chi connectivity index (χ0v) is 21.0. The van der Waals surface area contributed by atoms with Gasteiger partial charge in [0.25, 0.3) is 0 Å². The molecule has 0 spiro atoms. The minimum atomic E-state index is -0.905. The normalized spacial score (nSPS) is 31.4. The molecule has 3 heterocycles. The van der Waals surface area contributed by atoms with Crippen LogP contribution in [-0.4, -0.2) is 53.5 Å². The van der Waals surface area contributed by atoms with E-state index in [1.165, 1.54) is 38.8 Å². The Bertz CT molecular complexity index is 881. The zero-order valence-electron chi connectivity index (χ0n) is 19.4. The number of benzene rings is 2. The van der Waals surface area contributed by atoms with Crippen LogP contribution in [0.25, 0.3) is 0 Å². The summed E-state index contributed by atoms with van der Waals surface area (Å²) >= 11 is 4.07. The van der Waals surface area contributed by atoms with E-state index < -0.39 is 5.60 Å². The van der Waals surface area contributed by atoms with E-state index in [0.717, 1.165) is 35.2 Å². The van der Waals surface area contributed by atoms with Gasteiger partial charge in [-0.1, -0.05) is 61.4 Å². The highest BCUT2D eigenvalue weighted by molar-refractivity contribution is 9.09. The molecule has 0 amide bonds. The van der Waals surface area contributed by atoms with Gasteiger partial charge in [-0.25, -0.2) is 0 Å². The Hall–Kier alpha value is -1.40. The second-order valence-electron chi connectivity index (χ2n) is 10.3. The Balaban J connectivity index is 1.27. The Morgan fingerprint density at radius 1 is 0.909 bits per heavy atom. The highest BCUT2D eigenvalue weighted by Gasteiger charge is 2.54. The first-order chi connectivity index (χ1) is 16.1. The highest BCUT2D eigenvalue weighted by Crippen LogP contribution is 2.45. The summed E-state index contributed by atoms with van der Waals surface area (Å²) in [5.41, 5.74) is 0.0991. The Labute approximate surface area is 206 Å². The maximum Gasteiger partial charge on any atom is 0.171 e. The lowest BCUT2D eigenvalue weighted by molar-refractivity contribution is -0.954. The fourth-order valence-electron chi connectivity index (χ4n) is 6.43. The van der Waals surface area contributed by atoms with Gasteiger partial charge in [0, 0.05) is 18.8 Å². The topological polar surface area (TPSA) is 38.7 Å². The maximum absolute atomic E-state index is 11.9. The second kappa shape index (κ2) is 10.1. The van der Waals surface area contributed by atoms with Crippen LogP contribution in [-0.2, 0) is 10.3 Å². The molecule has 6 rings (SSSR count). The lowest BCUT2D eigenvalue weighted by Gasteiger charge is -2.56. The Morgan fingerprint density at radius 2 is 1.55 bits per heavy atom. The summed E-state index contributed by atoms with van der Waals surface area (Å²) in [7, 11) is 0. The van der Waals surface area contributed by atoms with E-state index in [1.54, 1.807) is 0 Å². The third kappa shape index (κ3) is 4.75. The summed E-state index contributed by atoms with van der Waals surface area (Å²) in [4.78, 5) is 0.243. The van der Waals surface area contributed by atoms with Crippen molar-refractivity contribution >= 4 is 15.9 Å². The van der Waals surface area contributed by atoms with Crippen molar-refractivity contribution < 1.29 is 19.1 Å². The minimum absolute atomic E-state index is 0.126. The molecular weight excluding hydrogens is 478 g/mol. The number of fused-ring (bicyclic) bond motifs is 3. The molecule has 3 saturated heterocycles. The molecule has 2 aromatic rings. The molecule has 3 atom stereocenters. The predicted octanol–water partition coefficient (Wildman–Crippen LogP) is 5.49. The van der Waals surface area contributed by atoms with Crippen molar-refractivity contribution in [2.24, 2.45) is 11.8 Å². The molecule has 4 nitrogen and oxygen atoms in total. The number of hydrogen-bond acceptors (Lipinski definition) is 3. The molecule has 0 aromatic heterocycles. The van der Waals surface area contributed by atoms with Gasteiger partial charge >= 0.3 is 0 Å². The van der Waals surface area contributed by atoms with Gasteiger partial charge in [0.1, 0.15) is 30.6 Å². The van der Waals surface area contributed by atoms with Gasteiger partial charge in [-0.05, 0) is 52.4 Å². The van der Waals surface area contributed by atoms with E-state index in [-0.39, 0.29) is 17.0 Å². The summed E-state index contributed by atoms with van der Waals surface area (Å²) in [5.74, 6) is 1.77. The van der Waals surface area contributed by atoms with Crippen LogP contribution in [0, 0.1) is 11.8 Å². The average molecular weight is 516 g/mol. The average Bonchev–Trinajstić information content (AvgIpc) is 3.41. The molecule has 1 N–H and O–H groups in total. The zero-order chi connectivity index (χ0) is 22.7. The van der Waals surface area contributed by atoms with Crippen molar-refractivity contribution in [3.05, 3.63) is 66.2 Å². The number of aliphatic hydroxyl groups is 1. The number of ether oxygens (including phenoxy) is 2. The SMILES string of the molecule is OC(CO[C@@H]1C2CC[N+](CCOc3ccccc3)(CC2)[C@@H]1Br)(c1ccccc1)C1CCCC1. The molecule has 4 fully saturated rings. The van der Waals surface area contributed by atoms with E-state index in [9.17, 15) is 5.11 Å². The Kier molecular flexibility index (Phi) is 7.12. The number of piperidine rings is 3. The van der Waals surface area contributed by atoms with Crippen molar-refractivity contribution in [3.63, 3.8) is 0 Å². The third-order valence-electron chi connectivity index (χ3n) is 8.50. The first-order valence-corrected chi connectivity index (χ1v) is 13.6. The Morgan fingerprint density at radius 3 is 2.21 bits per heavy atom. The third-order valence-corrected chi connectivity index (χ3v) is 9.89. The van der Waals surface area contributed by atoms with Gasteiger partial charge in [-0.2, -0.15) is 0 Å². The lowest BCUT2D eigenvalue weighted by Crippen LogP contribution is -2.69. The molecule has 1 saturated carbocycles. The van der Waals surface area contributed by atoms with E-state index in [4.69, 9.17) is 9.47 Å². The van der Waals surface area contributed by atoms with Crippen molar-refractivity contribution in [1.29, 1.82) is 0 Å². The van der Waals surface area contributed by atoms with Crippen LogP contribution >= 0.6 is 15.9 Å². The van der Waals surface area contributed by atoms with Gasteiger partial charge < -0.3 is 19.1 Å².